The molecule has 3 atom stereocenters. The minimum Gasteiger partial charge on any atom is -0.493 e. The summed E-state index contributed by atoms with van der Waals surface area (Å²) in [5, 5.41) is 10.1. The second-order valence-electron chi connectivity index (χ2n) is 6.97. The molecule has 0 fully saturated rings. The second-order valence-corrected chi connectivity index (χ2v) is 6.97. The molecule has 1 aromatic rings. The van der Waals surface area contributed by atoms with E-state index in [-0.39, 0.29) is 11.5 Å². The lowest BCUT2D eigenvalue weighted by molar-refractivity contribution is 0.0810. The lowest BCUT2D eigenvalue weighted by Gasteiger charge is -2.35. The highest BCUT2D eigenvalue weighted by atomic mass is 16.5. The molecule has 3 aliphatic rings. The average molecular weight is 315 g/mol. The van der Waals surface area contributed by atoms with Gasteiger partial charge < -0.3 is 14.6 Å². The van der Waals surface area contributed by atoms with E-state index in [1.807, 2.05) is 12.1 Å². The summed E-state index contributed by atoms with van der Waals surface area (Å²) >= 11 is 0. The zero-order chi connectivity index (χ0) is 16.0. The van der Waals surface area contributed by atoms with Gasteiger partial charge in [0.05, 0.1) is 18.6 Å². The van der Waals surface area contributed by atoms with Crippen LogP contribution >= 0.6 is 0 Å². The van der Waals surface area contributed by atoms with Crippen molar-refractivity contribution >= 4 is 0 Å². The number of ether oxygens (including phenoxy) is 2. The van der Waals surface area contributed by atoms with Crippen LogP contribution in [-0.4, -0.2) is 42.4 Å². The summed E-state index contributed by atoms with van der Waals surface area (Å²) in [6, 6.07) is 4.22. The maximum Gasteiger partial charge on any atom is 0.166 e. The Morgan fingerprint density at radius 1 is 1.43 bits per heavy atom. The van der Waals surface area contributed by atoms with Crippen LogP contribution in [0.3, 0.4) is 0 Å². The Balaban J connectivity index is 1.87. The Morgan fingerprint density at radius 2 is 2.30 bits per heavy atom. The molecule has 1 N–H and O–H groups in total. The van der Waals surface area contributed by atoms with Gasteiger partial charge in [0.15, 0.2) is 11.5 Å². The van der Waals surface area contributed by atoms with Gasteiger partial charge in [-0.15, -0.1) is 0 Å². The summed E-state index contributed by atoms with van der Waals surface area (Å²) in [5.74, 6) is 1.71. The summed E-state index contributed by atoms with van der Waals surface area (Å²) < 4.78 is 11.9. The predicted octanol–water partition coefficient (Wildman–Crippen LogP) is 2.63. The lowest BCUT2D eigenvalue weighted by Crippen LogP contribution is -2.43. The standard InChI is InChI=1S/C19H25NO3/c1-3-9-20-10-8-19-7-6-14(21)11-16(19)23-18-15(22-2)5-4-13(12-20)17(18)19/h4-7,14,16,21H,3,8-12H2,1-2H3/t14-,16-,19?/m0/s1. The highest BCUT2D eigenvalue weighted by Gasteiger charge is 2.52. The first-order valence-corrected chi connectivity index (χ1v) is 8.64. The van der Waals surface area contributed by atoms with Crippen molar-refractivity contribution in [3.63, 3.8) is 0 Å². The highest BCUT2D eigenvalue weighted by Crippen LogP contribution is 2.55. The van der Waals surface area contributed by atoms with Gasteiger partial charge in [-0.3, -0.25) is 4.90 Å². The van der Waals surface area contributed by atoms with Gasteiger partial charge in [-0.1, -0.05) is 25.1 Å². The summed E-state index contributed by atoms with van der Waals surface area (Å²) in [5.41, 5.74) is 2.53. The van der Waals surface area contributed by atoms with Gasteiger partial charge in [0.1, 0.15) is 6.10 Å². The van der Waals surface area contributed by atoms with Crippen molar-refractivity contribution in [2.75, 3.05) is 20.2 Å². The number of rotatable bonds is 3. The van der Waals surface area contributed by atoms with Gasteiger partial charge in [-0.05, 0) is 37.6 Å². The normalized spacial score (nSPS) is 32.0. The molecule has 1 spiro atoms. The van der Waals surface area contributed by atoms with Crippen LogP contribution in [0.2, 0.25) is 0 Å². The average Bonchev–Trinajstić information content (AvgIpc) is 2.79. The topological polar surface area (TPSA) is 41.9 Å². The first-order chi connectivity index (χ1) is 11.2. The number of hydrogen-bond acceptors (Lipinski definition) is 4. The molecule has 0 saturated heterocycles. The summed E-state index contributed by atoms with van der Waals surface area (Å²) in [6.45, 7) is 5.38. The maximum atomic E-state index is 10.1. The molecule has 4 heteroatoms. The van der Waals surface area contributed by atoms with Gasteiger partial charge in [-0.2, -0.15) is 0 Å². The Labute approximate surface area is 137 Å². The molecular weight excluding hydrogens is 290 g/mol. The van der Waals surface area contributed by atoms with E-state index in [9.17, 15) is 5.11 Å². The molecule has 0 radical (unpaired) electrons. The molecule has 0 bridgehead atoms. The van der Waals surface area contributed by atoms with Crippen LogP contribution in [0.5, 0.6) is 11.5 Å². The quantitative estimate of drug-likeness (QED) is 0.871. The molecule has 1 aromatic carbocycles. The highest BCUT2D eigenvalue weighted by molar-refractivity contribution is 5.60. The van der Waals surface area contributed by atoms with Crippen molar-refractivity contribution in [3.8, 4) is 11.5 Å². The fraction of sp³-hybridized carbons (Fsp3) is 0.579. The Hall–Kier alpha value is -1.52. The molecule has 4 rings (SSSR count). The van der Waals surface area contributed by atoms with E-state index in [4.69, 9.17) is 9.47 Å². The number of methoxy groups -OCH3 is 1. The zero-order valence-corrected chi connectivity index (χ0v) is 13.9. The molecule has 0 amide bonds. The van der Waals surface area contributed by atoms with Crippen LogP contribution in [0.1, 0.15) is 37.3 Å². The van der Waals surface area contributed by atoms with Gasteiger partial charge >= 0.3 is 0 Å². The summed E-state index contributed by atoms with van der Waals surface area (Å²) in [6.07, 6.45) is 6.61. The maximum absolute atomic E-state index is 10.1. The summed E-state index contributed by atoms with van der Waals surface area (Å²) in [7, 11) is 1.70. The molecule has 1 aliphatic carbocycles. The van der Waals surface area contributed by atoms with Crippen molar-refractivity contribution in [3.05, 3.63) is 35.4 Å². The van der Waals surface area contributed by atoms with Crippen LogP contribution in [-0.2, 0) is 12.0 Å². The molecule has 2 aliphatic heterocycles. The van der Waals surface area contributed by atoms with E-state index in [1.165, 1.54) is 17.5 Å². The van der Waals surface area contributed by atoms with Crippen molar-refractivity contribution in [1.29, 1.82) is 0 Å². The third kappa shape index (κ3) is 2.19. The van der Waals surface area contributed by atoms with Crippen LogP contribution < -0.4 is 9.47 Å². The molecule has 0 aromatic heterocycles. The van der Waals surface area contributed by atoms with E-state index < -0.39 is 6.10 Å². The predicted molar refractivity (Wildman–Crippen MR) is 89.0 cm³/mol. The van der Waals surface area contributed by atoms with Gasteiger partial charge in [0.2, 0.25) is 0 Å². The van der Waals surface area contributed by atoms with Gasteiger partial charge in [0.25, 0.3) is 0 Å². The van der Waals surface area contributed by atoms with Gasteiger partial charge in [-0.25, -0.2) is 0 Å². The molecule has 4 nitrogen and oxygen atoms in total. The number of nitrogens with zero attached hydrogens (tertiary/aromatic N) is 1. The molecule has 23 heavy (non-hydrogen) atoms. The second kappa shape index (κ2) is 5.53. The van der Waals surface area contributed by atoms with Crippen molar-refractivity contribution in [1.82, 2.24) is 4.90 Å². The van der Waals surface area contributed by atoms with E-state index in [0.717, 1.165) is 37.6 Å². The van der Waals surface area contributed by atoms with Crippen LogP contribution in [0.25, 0.3) is 0 Å². The van der Waals surface area contributed by atoms with Crippen molar-refractivity contribution in [2.45, 2.75) is 50.4 Å². The van der Waals surface area contributed by atoms with E-state index >= 15 is 0 Å². The molecule has 2 heterocycles. The SMILES string of the molecule is CCCN1CCC23C=C[C@H](O)C[C@@H]2Oc2c(OC)ccc(c23)C1. The molecule has 124 valence electrons. The Morgan fingerprint density at radius 3 is 3.09 bits per heavy atom. The van der Waals surface area contributed by atoms with E-state index in [1.54, 1.807) is 7.11 Å². The third-order valence-corrected chi connectivity index (χ3v) is 5.57. The first kappa shape index (κ1) is 15.0. The van der Waals surface area contributed by atoms with E-state index in [0.29, 0.717) is 6.42 Å². The fourth-order valence-electron chi connectivity index (χ4n) is 4.50. The molecular formula is C19H25NO3. The van der Waals surface area contributed by atoms with Crippen LogP contribution in [0.15, 0.2) is 24.3 Å². The van der Waals surface area contributed by atoms with Crippen LogP contribution in [0, 0.1) is 0 Å². The number of aliphatic hydroxyl groups excluding tert-OH is 1. The van der Waals surface area contributed by atoms with Crippen molar-refractivity contribution in [2.24, 2.45) is 0 Å². The number of benzene rings is 1. The van der Waals surface area contributed by atoms with E-state index in [2.05, 4.69) is 24.0 Å². The van der Waals surface area contributed by atoms with Crippen molar-refractivity contribution < 1.29 is 14.6 Å². The fourth-order valence-corrected chi connectivity index (χ4v) is 4.50. The smallest absolute Gasteiger partial charge is 0.166 e. The minimum atomic E-state index is -0.413. The number of aliphatic hydroxyl groups is 1. The summed E-state index contributed by atoms with van der Waals surface area (Å²) in [4.78, 5) is 2.53. The lowest BCUT2D eigenvalue weighted by atomic mass is 9.69. The molecule has 0 saturated carbocycles. The monoisotopic (exact) mass is 315 g/mol. The Bertz CT molecular complexity index is 642. The number of hydrogen-bond donors (Lipinski definition) is 1. The first-order valence-electron chi connectivity index (χ1n) is 8.64. The third-order valence-electron chi connectivity index (χ3n) is 5.57. The van der Waals surface area contributed by atoms with Gasteiger partial charge in [0, 0.05) is 18.5 Å². The Kier molecular flexibility index (Phi) is 3.62. The zero-order valence-electron chi connectivity index (χ0n) is 13.9. The van der Waals surface area contributed by atoms with Crippen LogP contribution in [0.4, 0.5) is 0 Å². The molecule has 1 unspecified atom stereocenters. The minimum absolute atomic E-state index is 0.00845. The largest absolute Gasteiger partial charge is 0.493 e.